The number of fused-ring (bicyclic) bond motifs is 1. The molecule has 0 saturated heterocycles. The van der Waals surface area contributed by atoms with Gasteiger partial charge in [-0.05, 0) is 36.6 Å². The lowest BCUT2D eigenvalue weighted by atomic mass is 10.0. The van der Waals surface area contributed by atoms with E-state index in [1.54, 1.807) is 36.4 Å². The van der Waals surface area contributed by atoms with E-state index in [9.17, 15) is 9.59 Å². The van der Waals surface area contributed by atoms with E-state index in [0.29, 0.717) is 23.4 Å². The van der Waals surface area contributed by atoms with Gasteiger partial charge in [-0.2, -0.15) is 0 Å². The van der Waals surface area contributed by atoms with Gasteiger partial charge in [0.05, 0.1) is 27.8 Å². The summed E-state index contributed by atoms with van der Waals surface area (Å²) in [4.78, 5) is 33.5. The van der Waals surface area contributed by atoms with E-state index >= 15 is 0 Å². The number of likely N-dealkylation sites (N-methyl/N-ethyl adjacent to an activating group) is 1. The molecule has 1 atom stereocenters. The molecule has 0 unspecified atom stereocenters. The maximum absolute atomic E-state index is 13.5. The number of thiazole rings is 1. The fourth-order valence-corrected chi connectivity index (χ4v) is 4.90. The van der Waals surface area contributed by atoms with Gasteiger partial charge in [0.2, 0.25) is 0 Å². The second kappa shape index (κ2) is 9.58. The van der Waals surface area contributed by atoms with Crippen LogP contribution in [0.15, 0.2) is 65.3 Å². The second-order valence-electron chi connectivity index (χ2n) is 8.35. The summed E-state index contributed by atoms with van der Waals surface area (Å²) in [6.45, 7) is 6.32. The number of hydrogen-bond acceptors (Lipinski definition) is 5. The molecular formula is C26H27N3O3S. The summed E-state index contributed by atoms with van der Waals surface area (Å²) in [6, 6.07) is 16.8. The van der Waals surface area contributed by atoms with Crippen molar-refractivity contribution in [2.75, 3.05) is 13.6 Å². The summed E-state index contributed by atoms with van der Waals surface area (Å²) in [5.41, 5.74) is 2.65. The van der Waals surface area contributed by atoms with E-state index in [1.165, 1.54) is 11.3 Å². The van der Waals surface area contributed by atoms with Crippen molar-refractivity contribution >= 4 is 34.1 Å². The largest absolute Gasteiger partial charge is 0.464 e. The third kappa shape index (κ3) is 4.68. The van der Waals surface area contributed by atoms with Gasteiger partial charge in [0.15, 0.2) is 0 Å². The first kappa shape index (κ1) is 22.7. The van der Waals surface area contributed by atoms with Gasteiger partial charge in [-0.1, -0.05) is 50.2 Å². The predicted molar refractivity (Wildman–Crippen MR) is 132 cm³/mol. The van der Waals surface area contributed by atoms with Crippen molar-refractivity contribution in [1.29, 1.82) is 0 Å². The standard InChI is InChI=1S/C26H27N3O3S/c1-16(2)21(15-27-25(30)20-11-8-12-22-19(20)13-14-32-22)29(4)26(31)23-24(33-17(3)28-23)18-9-6-5-7-10-18/h5-14,16,21H,15H2,1-4H3,(H,27,30)/t21-/m1/s1. The number of amides is 2. The SMILES string of the molecule is Cc1nc(C(=O)N(C)[C@H](CNC(=O)c2cccc3occc23)C(C)C)c(-c2ccccc2)s1. The Morgan fingerprint density at radius 2 is 1.85 bits per heavy atom. The lowest BCUT2D eigenvalue weighted by molar-refractivity contribution is 0.0671. The third-order valence-electron chi connectivity index (χ3n) is 5.77. The van der Waals surface area contributed by atoms with Gasteiger partial charge < -0.3 is 14.6 Å². The molecule has 1 N–H and O–H groups in total. The monoisotopic (exact) mass is 461 g/mol. The van der Waals surface area contributed by atoms with Gasteiger partial charge in [-0.3, -0.25) is 9.59 Å². The number of rotatable bonds is 7. The molecule has 2 aromatic heterocycles. The number of carbonyl (C=O) groups excluding carboxylic acids is 2. The van der Waals surface area contributed by atoms with Crippen molar-refractivity contribution < 1.29 is 14.0 Å². The number of aromatic nitrogens is 1. The van der Waals surface area contributed by atoms with E-state index in [-0.39, 0.29) is 23.8 Å². The average Bonchev–Trinajstić information content (AvgIpc) is 3.45. The van der Waals surface area contributed by atoms with E-state index in [4.69, 9.17) is 4.42 Å². The Morgan fingerprint density at radius 1 is 1.09 bits per heavy atom. The fraction of sp³-hybridized carbons (Fsp3) is 0.269. The Balaban J connectivity index is 1.53. The summed E-state index contributed by atoms with van der Waals surface area (Å²) in [7, 11) is 1.78. The molecule has 170 valence electrons. The van der Waals surface area contributed by atoms with Crippen LogP contribution in [0.2, 0.25) is 0 Å². The van der Waals surface area contributed by atoms with Gasteiger partial charge in [0, 0.05) is 19.0 Å². The molecule has 0 spiro atoms. The second-order valence-corrected chi connectivity index (χ2v) is 9.56. The van der Waals surface area contributed by atoms with Crippen LogP contribution in [0.5, 0.6) is 0 Å². The first-order valence-corrected chi connectivity index (χ1v) is 11.7. The van der Waals surface area contributed by atoms with Crippen molar-refractivity contribution in [2.45, 2.75) is 26.8 Å². The molecule has 2 amide bonds. The Hall–Kier alpha value is -3.45. The van der Waals surface area contributed by atoms with Gasteiger partial charge in [0.25, 0.3) is 11.8 Å². The van der Waals surface area contributed by atoms with E-state index in [1.807, 2.05) is 57.2 Å². The van der Waals surface area contributed by atoms with Crippen LogP contribution in [-0.2, 0) is 0 Å². The van der Waals surface area contributed by atoms with Crippen LogP contribution in [0.4, 0.5) is 0 Å². The number of furan rings is 1. The molecule has 0 bridgehead atoms. The Bertz CT molecular complexity index is 1280. The molecular weight excluding hydrogens is 434 g/mol. The van der Waals surface area contributed by atoms with E-state index < -0.39 is 0 Å². The van der Waals surface area contributed by atoms with E-state index in [2.05, 4.69) is 10.3 Å². The van der Waals surface area contributed by atoms with Crippen LogP contribution in [0.1, 0.15) is 39.7 Å². The molecule has 0 aliphatic carbocycles. The molecule has 33 heavy (non-hydrogen) atoms. The highest BCUT2D eigenvalue weighted by Crippen LogP contribution is 2.31. The van der Waals surface area contributed by atoms with Crippen LogP contribution >= 0.6 is 11.3 Å². The average molecular weight is 462 g/mol. The first-order valence-electron chi connectivity index (χ1n) is 10.9. The van der Waals surface area contributed by atoms with Gasteiger partial charge in [-0.25, -0.2) is 4.98 Å². The quantitative estimate of drug-likeness (QED) is 0.400. The number of nitrogens with one attached hydrogen (secondary N) is 1. The highest BCUT2D eigenvalue weighted by molar-refractivity contribution is 7.15. The maximum Gasteiger partial charge on any atom is 0.274 e. The molecule has 4 rings (SSSR count). The van der Waals surface area contributed by atoms with Crippen molar-refractivity contribution in [3.8, 4) is 10.4 Å². The minimum atomic E-state index is -0.198. The van der Waals surface area contributed by atoms with Gasteiger partial charge in [0.1, 0.15) is 11.3 Å². The zero-order valence-corrected chi connectivity index (χ0v) is 20.0. The van der Waals surface area contributed by atoms with Crippen molar-refractivity contribution in [2.24, 2.45) is 5.92 Å². The summed E-state index contributed by atoms with van der Waals surface area (Å²) in [5.74, 6) is -0.213. The normalized spacial score (nSPS) is 12.2. The molecule has 0 fully saturated rings. The molecule has 0 radical (unpaired) electrons. The zero-order valence-electron chi connectivity index (χ0n) is 19.2. The minimum absolute atomic E-state index is 0.129. The van der Waals surface area contributed by atoms with E-state index in [0.717, 1.165) is 20.8 Å². The highest BCUT2D eigenvalue weighted by Gasteiger charge is 2.28. The molecule has 2 aromatic carbocycles. The first-order chi connectivity index (χ1) is 15.9. The Kier molecular flexibility index (Phi) is 6.60. The Morgan fingerprint density at radius 3 is 2.58 bits per heavy atom. The highest BCUT2D eigenvalue weighted by atomic mass is 32.1. The molecule has 0 aliphatic rings. The van der Waals surface area contributed by atoms with Crippen LogP contribution in [-0.4, -0.2) is 41.3 Å². The third-order valence-corrected chi connectivity index (χ3v) is 6.79. The van der Waals surface area contributed by atoms with Crippen molar-refractivity contribution in [3.63, 3.8) is 0 Å². The molecule has 6 nitrogen and oxygen atoms in total. The number of aryl methyl sites for hydroxylation is 1. The number of nitrogens with zero attached hydrogens (tertiary/aromatic N) is 2. The lowest BCUT2D eigenvalue weighted by Gasteiger charge is -2.31. The lowest BCUT2D eigenvalue weighted by Crippen LogP contribution is -2.47. The molecule has 7 heteroatoms. The van der Waals surface area contributed by atoms with Crippen molar-refractivity contribution in [1.82, 2.24) is 15.2 Å². The number of hydrogen-bond donors (Lipinski definition) is 1. The van der Waals surface area contributed by atoms with Crippen LogP contribution < -0.4 is 5.32 Å². The predicted octanol–water partition coefficient (Wildman–Crippen LogP) is 5.39. The van der Waals surface area contributed by atoms with Crippen LogP contribution in [0.25, 0.3) is 21.4 Å². The van der Waals surface area contributed by atoms with Gasteiger partial charge in [-0.15, -0.1) is 11.3 Å². The molecule has 2 heterocycles. The number of carbonyl (C=O) groups is 2. The summed E-state index contributed by atoms with van der Waals surface area (Å²) >= 11 is 1.51. The summed E-state index contributed by atoms with van der Waals surface area (Å²) in [5, 5.41) is 4.62. The molecule has 0 saturated carbocycles. The van der Waals surface area contributed by atoms with Gasteiger partial charge >= 0.3 is 0 Å². The van der Waals surface area contributed by atoms with Crippen LogP contribution in [0.3, 0.4) is 0 Å². The maximum atomic E-state index is 13.5. The van der Waals surface area contributed by atoms with Crippen LogP contribution in [0, 0.1) is 12.8 Å². The summed E-state index contributed by atoms with van der Waals surface area (Å²) < 4.78 is 5.40. The number of benzene rings is 2. The smallest absolute Gasteiger partial charge is 0.274 e. The zero-order chi connectivity index (χ0) is 23.5. The molecule has 4 aromatic rings. The topological polar surface area (TPSA) is 75.4 Å². The fourth-order valence-electron chi connectivity index (χ4n) is 3.98. The Labute approximate surface area is 197 Å². The molecule has 0 aliphatic heterocycles. The van der Waals surface area contributed by atoms with Crippen molar-refractivity contribution in [3.05, 3.63) is 77.1 Å². The minimum Gasteiger partial charge on any atom is -0.464 e. The summed E-state index contributed by atoms with van der Waals surface area (Å²) in [6.07, 6.45) is 1.57.